The van der Waals surface area contributed by atoms with Gasteiger partial charge in [-0.15, -0.1) is 16.4 Å². The summed E-state index contributed by atoms with van der Waals surface area (Å²) in [6, 6.07) is 17.8. The Morgan fingerprint density at radius 2 is 1.91 bits per heavy atom. The molecule has 5 aromatic rings. The van der Waals surface area contributed by atoms with Crippen molar-refractivity contribution in [1.82, 2.24) is 29.9 Å². The highest BCUT2D eigenvalue weighted by Gasteiger charge is 2.14. The lowest BCUT2D eigenvalue weighted by molar-refractivity contribution is 0.0954. The van der Waals surface area contributed by atoms with Crippen molar-refractivity contribution in [3.63, 3.8) is 0 Å². The summed E-state index contributed by atoms with van der Waals surface area (Å²) in [6.45, 7) is 0.219. The lowest BCUT2D eigenvalue weighted by Gasteiger charge is -2.13. The Kier molecular flexibility index (Phi) is 6.03. The van der Waals surface area contributed by atoms with E-state index >= 15 is 0 Å². The molecule has 0 radical (unpaired) electrons. The highest BCUT2D eigenvalue weighted by Crippen LogP contribution is 2.28. The molecule has 5 rings (SSSR count). The molecule has 1 aromatic carbocycles. The van der Waals surface area contributed by atoms with Crippen molar-refractivity contribution < 1.29 is 4.79 Å². The third-order valence-corrected chi connectivity index (χ3v) is 6.32. The third-order valence-electron chi connectivity index (χ3n) is 5.09. The molecular formula is C24H17ClN6O2S. The van der Waals surface area contributed by atoms with Crippen molar-refractivity contribution in [2.45, 2.75) is 6.54 Å². The molecule has 0 aliphatic rings. The van der Waals surface area contributed by atoms with Crippen LogP contribution in [-0.4, -0.2) is 30.5 Å². The van der Waals surface area contributed by atoms with Crippen LogP contribution in [0.3, 0.4) is 0 Å². The average molecular weight is 489 g/mol. The first kappa shape index (κ1) is 21.7. The Morgan fingerprint density at radius 3 is 2.68 bits per heavy atom. The molecule has 168 valence electrons. The van der Waals surface area contributed by atoms with Crippen molar-refractivity contribution >= 4 is 28.8 Å². The van der Waals surface area contributed by atoms with Crippen molar-refractivity contribution in [2.75, 3.05) is 0 Å². The van der Waals surface area contributed by atoms with Gasteiger partial charge < -0.3 is 5.32 Å². The maximum atomic E-state index is 12.3. The molecule has 0 spiro atoms. The van der Waals surface area contributed by atoms with Gasteiger partial charge >= 0.3 is 0 Å². The number of hydrogen-bond donors (Lipinski definition) is 1. The molecule has 1 N–H and O–H groups in total. The van der Waals surface area contributed by atoms with Crippen LogP contribution in [0.5, 0.6) is 0 Å². The molecule has 10 heteroatoms. The van der Waals surface area contributed by atoms with E-state index in [9.17, 15) is 9.59 Å². The summed E-state index contributed by atoms with van der Waals surface area (Å²) in [6.07, 6.45) is 6.90. The van der Waals surface area contributed by atoms with Crippen LogP contribution < -0.4 is 10.9 Å². The fourth-order valence-electron chi connectivity index (χ4n) is 3.47. The number of amides is 1. The van der Waals surface area contributed by atoms with E-state index in [4.69, 9.17) is 11.6 Å². The van der Waals surface area contributed by atoms with E-state index in [0.717, 1.165) is 22.5 Å². The Morgan fingerprint density at radius 1 is 1.06 bits per heavy atom. The van der Waals surface area contributed by atoms with Crippen LogP contribution in [0, 0.1) is 0 Å². The number of rotatable bonds is 6. The summed E-state index contributed by atoms with van der Waals surface area (Å²) in [5.41, 5.74) is 3.74. The zero-order chi connectivity index (χ0) is 23.5. The Labute approximate surface area is 203 Å². The van der Waals surface area contributed by atoms with Gasteiger partial charge in [-0.05, 0) is 54.1 Å². The minimum atomic E-state index is -0.221. The number of thiophene rings is 1. The summed E-state index contributed by atoms with van der Waals surface area (Å²) in [7, 11) is 0. The summed E-state index contributed by atoms with van der Waals surface area (Å²) >= 11 is 7.12. The van der Waals surface area contributed by atoms with E-state index in [2.05, 4.69) is 20.6 Å². The van der Waals surface area contributed by atoms with E-state index in [-0.39, 0.29) is 18.0 Å². The Hall–Kier alpha value is -4.08. The van der Waals surface area contributed by atoms with Gasteiger partial charge in [0.1, 0.15) is 5.69 Å². The highest BCUT2D eigenvalue weighted by atomic mass is 35.5. The number of carbonyl (C=O) groups is 1. The van der Waals surface area contributed by atoms with Gasteiger partial charge in [-0.3, -0.25) is 19.1 Å². The van der Waals surface area contributed by atoms with Crippen LogP contribution >= 0.6 is 22.9 Å². The molecular weight excluding hydrogens is 472 g/mol. The zero-order valence-corrected chi connectivity index (χ0v) is 19.2. The van der Waals surface area contributed by atoms with E-state index in [1.807, 2.05) is 36.4 Å². The minimum Gasteiger partial charge on any atom is -0.346 e. The van der Waals surface area contributed by atoms with Crippen LogP contribution in [0.25, 0.3) is 22.5 Å². The van der Waals surface area contributed by atoms with Gasteiger partial charge in [0.25, 0.3) is 11.5 Å². The number of hydrogen-bond acceptors (Lipinski definition) is 6. The highest BCUT2D eigenvalue weighted by molar-refractivity contribution is 7.17. The van der Waals surface area contributed by atoms with Crippen LogP contribution in [0.15, 0.2) is 90.2 Å². The lowest BCUT2D eigenvalue weighted by Crippen LogP contribution is -2.21. The number of halogens is 1. The van der Waals surface area contributed by atoms with Crippen LogP contribution in [0.2, 0.25) is 4.34 Å². The molecule has 1 amide bonds. The number of benzene rings is 1. The molecule has 0 saturated heterocycles. The molecule has 0 aliphatic carbocycles. The van der Waals surface area contributed by atoms with Crippen LogP contribution in [0.4, 0.5) is 0 Å². The van der Waals surface area contributed by atoms with Gasteiger partial charge in [0.2, 0.25) is 0 Å². The van der Waals surface area contributed by atoms with Gasteiger partial charge in [0.15, 0.2) is 0 Å². The smallest absolute Gasteiger partial charge is 0.261 e. The van der Waals surface area contributed by atoms with Crippen LogP contribution in [-0.2, 0) is 6.54 Å². The van der Waals surface area contributed by atoms with E-state index in [0.29, 0.717) is 14.9 Å². The maximum absolute atomic E-state index is 12.3. The van der Waals surface area contributed by atoms with Crippen molar-refractivity contribution in [3.05, 3.63) is 111 Å². The minimum absolute atomic E-state index is 0.123. The Balaban J connectivity index is 1.46. The predicted octanol–water partition coefficient (Wildman–Crippen LogP) is 4.13. The molecule has 34 heavy (non-hydrogen) atoms. The fourth-order valence-corrected chi connectivity index (χ4v) is 4.43. The normalized spacial score (nSPS) is 10.9. The first-order valence-electron chi connectivity index (χ1n) is 10.3. The SMILES string of the molecule is O=C(NCc1cn(-c2ccc(-n3ccccc3=O)cc2-c2ccncc2)nn1)c1ccc(Cl)s1. The molecule has 0 unspecified atom stereocenters. The second-order valence-electron chi connectivity index (χ2n) is 7.29. The molecule has 0 saturated carbocycles. The van der Waals surface area contributed by atoms with Gasteiger partial charge in [0, 0.05) is 35.9 Å². The second-order valence-corrected chi connectivity index (χ2v) is 9.00. The quantitative estimate of drug-likeness (QED) is 0.388. The molecule has 0 aliphatic heterocycles. The van der Waals surface area contributed by atoms with E-state index in [1.165, 1.54) is 17.4 Å². The van der Waals surface area contributed by atoms with Crippen molar-refractivity contribution in [2.24, 2.45) is 0 Å². The Bertz CT molecular complexity index is 1530. The maximum Gasteiger partial charge on any atom is 0.261 e. The topological polar surface area (TPSA) is 94.7 Å². The van der Waals surface area contributed by atoms with Gasteiger partial charge in [-0.1, -0.05) is 22.9 Å². The van der Waals surface area contributed by atoms with Crippen LogP contribution in [0.1, 0.15) is 15.4 Å². The summed E-state index contributed by atoms with van der Waals surface area (Å²) in [5.74, 6) is -0.221. The van der Waals surface area contributed by atoms with E-state index in [1.54, 1.807) is 52.2 Å². The number of pyridine rings is 2. The molecule has 4 heterocycles. The molecule has 0 bridgehead atoms. The first-order chi connectivity index (χ1) is 16.6. The molecule has 8 nitrogen and oxygen atoms in total. The number of nitrogens with zero attached hydrogens (tertiary/aromatic N) is 5. The zero-order valence-electron chi connectivity index (χ0n) is 17.6. The number of aromatic nitrogens is 5. The molecule has 0 atom stereocenters. The predicted molar refractivity (Wildman–Crippen MR) is 131 cm³/mol. The summed E-state index contributed by atoms with van der Waals surface area (Å²) < 4.78 is 3.78. The van der Waals surface area contributed by atoms with Gasteiger partial charge in [-0.25, -0.2) is 4.68 Å². The molecule has 4 aromatic heterocycles. The second kappa shape index (κ2) is 9.42. The number of carbonyl (C=O) groups excluding carboxylic acids is 1. The monoisotopic (exact) mass is 488 g/mol. The lowest BCUT2D eigenvalue weighted by atomic mass is 10.0. The fraction of sp³-hybridized carbons (Fsp3) is 0.0417. The summed E-state index contributed by atoms with van der Waals surface area (Å²) in [5, 5.41) is 11.3. The van der Waals surface area contributed by atoms with Crippen molar-refractivity contribution in [1.29, 1.82) is 0 Å². The standard InChI is InChI=1S/C24H17ClN6O2S/c25-22-7-6-21(34-22)24(33)27-14-17-15-31(29-28-17)20-5-4-18(30-12-2-1-3-23(30)32)13-19(20)16-8-10-26-11-9-16/h1-13,15H,14H2,(H,27,33). The number of nitrogens with one attached hydrogen (secondary N) is 1. The van der Waals surface area contributed by atoms with E-state index < -0.39 is 0 Å². The largest absolute Gasteiger partial charge is 0.346 e. The molecule has 0 fully saturated rings. The average Bonchev–Trinajstić information content (AvgIpc) is 3.52. The third kappa shape index (κ3) is 4.52. The summed E-state index contributed by atoms with van der Waals surface area (Å²) in [4.78, 5) is 29.3. The van der Waals surface area contributed by atoms with Gasteiger partial charge in [0.05, 0.1) is 27.6 Å². The van der Waals surface area contributed by atoms with Gasteiger partial charge in [-0.2, -0.15) is 0 Å². The first-order valence-corrected chi connectivity index (χ1v) is 11.5. The van der Waals surface area contributed by atoms with Crippen molar-refractivity contribution in [3.8, 4) is 22.5 Å².